The average Bonchev–Trinajstić information content (AvgIpc) is 2.49. The van der Waals surface area contributed by atoms with E-state index >= 15 is 0 Å². The van der Waals surface area contributed by atoms with E-state index in [0.717, 1.165) is 5.56 Å². The molecule has 1 unspecified atom stereocenters. The lowest BCUT2D eigenvalue weighted by Gasteiger charge is -2.14. The van der Waals surface area contributed by atoms with Crippen molar-refractivity contribution in [3.63, 3.8) is 0 Å². The van der Waals surface area contributed by atoms with Crippen molar-refractivity contribution in [2.45, 2.75) is 32.3 Å². The summed E-state index contributed by atoms with van der Waals surface area (Å²) in [7, 11) is 1.43. The van der Waals surface area contributed by atoms with E-state index in [2.05, 4.69) is 13.8 Å². The van der Waals surface area contributed by atoms with Crippen LogP contribution in [0.3, 0.4) is 0 Å². The molecule has 0 heterocycles. The van der Waals surface area contributed by atoms with Crippen LogP contribution in [0.1, 0.15) is 42.6 Å². The van der Waals surface area contributed by atoms with Crippen molar-refractivity contribution >= 4 is 0 Å². The first-order valence-corrected chi connectivity index (χ1v) is 7.12. The molecule has 0 spiro atoms. The van der Waals surface area contributed by atoms with Gasteiger partial charge in [-0.2, -0.15) is 0 Å². The smallest absolute Gasteiger partial charge is 0.168 e. The molecule has 2 aromatic rings. The summed E-state index contributed by atoms with van der Waals surface area (Å²) in [5.41, 5.74) is 2.47. The maximum atomic E-state index is 14.1. The summed E-state index contributed by atoms with van der Waals surface area (Å²) >= 11 is 0. The topological polar surface area (TPSA) is 29.5 Å². The summed E-state index contributed by atoms with van der Waals surface area (Å²) in [5, 5.41) is 10.3. The minimum Gasteiger partial charge on any atom is -0.494 e. The Morgan fingerprint density at radius 1 is 1.05 bits per heavy atom. The van der Waals surface area contributed by atoms with Crippen LogP contribution in [0.4, 0.5) is 4.39 Å². The molecular formula is C18H21FO2. The molecule has 0 aliphatic carbocycles. The maximum absolute atomic E-state index is 14.1. The lowest BCUT2D eigenvalue weighted by Crippen LogP contribution is -2.04. The van der Waals surface area contributed by atoms with Gasteiger partial charge in [0.05, 0.1) is 13.2 Å². The second-order valence-electron chi connectivity index (χ2n) is 5.47. The van der Waals surface area contributed by atoms with Gasteiger partial charge in [-0.05, 0) is 28.7 Å². The minimum atomic E-state index is -0.729. The van der Waals surface area contributed by atoms with Crippen LogP contribution in [-0.2, 0) is 6.42 Å². The van der Waals surface area contributed by atoms with Crippen molar-refractivity contribution < 1.29 is 14.2 Å². The molecule has 2 rings (SSSR count). The van der Waals surface area contributed by atoms with Gasteiger partial charge in [-0.1, -0.05) is 50.2 Å². The van der Waals surface area contributed by atoms with Gasteiger partial charge in [-0.15, -0.1) is 0 Å². The Labute approximate surface area is 125 Å². The van der Waals surface area contributed by atoms with Gasteiger partial charge < -0.3 is 9.84 Å². The lowest BCUT2D eigenvalue weighted by atomic mass is 9.97. The SMILES string of the molecule is COc1cccc(CC(O)c2ccc(C(C)C)cc2)c1F. The quantitative estimate of drug-likeness (QED) is 0.892. The highest BCUT2D eigenvalue weighted by Crippen LogP contribution is 2.26. The Morgan fingerprint density at radius 2 is 1.67 bits per heavy atom. The fourth-order valence-corrected chi connectivity index (χ4v) is 2.30. The number of ether oxygens (including phenoxy) is 1. The number of hydrogen-bond donors (Lipinski definition) is 1. The number of aliphatic hydroxyl groups excluding tert-OH is 1. The molecule has 1 N–H and O–H groups in total. The molecule has 2 aromatic carbocycles. The zero-order chi connectivity index (χ0) is 15.4. The number of halogens is 1. The first-order valence-electron chi connectivity index (χ1n) is 7.12. The second-order valence-corrected chi connectivity index (χ2v) is 5.47. The van der Waals surface area contributed by atoms with E-state index in [1.165, 1.54) is 12.7 Å². The van der Waals surface area contributed by atoms with E-state index in [1.807, 2.05) is 24.3 Å². The Balaban J connectivity index is 2.16. The van der Waals surface area contributed by atoms with Crippen molar-refractivity contribution in [2.75, 3.05) is 7.11 Å². The van der Waals surface area contributed by atoms with E-state index in [0.29, 0.717) is 11.5 Å². The average molecular weight is 288 g/mol. The molecular weight excluding hydrogens is 267 g/mol. The zero-order valence-corrected chi connectivity index (χ0v) is 12.6. The molecule has 0 saturated carbocycles. The van der Waals surface area contributed by atoms with E-state index in [4.69, 9.17) is 4.74 Å². The predicted molar refractivity (Wildman–Crippen MR) is 82.1 cm³/mol. The summed E-state index contributed by atoms with van der Waals surface area (Å²) in [6, 6.07) is 12.8. The molecule has 2 nitrogen and oxygen atoms in total. The first kappa shape index (κ1) is 15.5. The van der Waals surface area contributed by atoms with E-state index in [-0.39, 0.29) is 12.2 Å². The number of hydrogen-bond acceptors (Lipinski definition) is 2. The molecule has 0 aromatic heterocycles. The van der Waals surface area contributed by atoms with Gasteiger partial charge in [0.2, 0.25) is 0 Å². The molecule has 21 heavy (non-hydrogen) atoms. The maximum Gasteiger partial charge on any atom is 0.168 e. The summed E-state index contributed by atoms with van der Waals surface area (Å²) in [4.78, 5) is 0. The second kappa shape index (κ2) is 6.72. The van der Waals surface area contributed by atoms with E-state index in [1.54, 1.807) is 18.2 Å². The first-order chi connectivity index (χ1) is 10.0. The Hall–Kier alpha value is -1.87. The van der Waals surface area contributed by atoms with Gasteiger partial charge in [0.1, 0.15) is 0 Å². The van der Waals surface area contributed by atoms with Crippen LogP contribution in [-0.4, -0.2) is 12.2 Å². The molecule has 112 valence electrons. The highest BCUT2D eigenvalue weighted by Gasteiger charge is 2.14. The number of methoxy groups -OCH3 is 1. The molecule has 1 atom stereocenters. The highest BCUT2D eigenvalue weighted by molar-refractivity contribution is 5.33. The molecule has 0 aliphatic rings. The molecule has 0 radical (unpaired) electrons. The summed E-state index contributed by atoms with van der Waals surface area (Å²) in [6.45, 7) is 4.24. The molecule has 0 aliphatic heterocycles. The van der Waals surface area contributed by atoms with Gasteiger partial charge in [0.25, 0.3) is 0 Å². The Kier molecular flexibility index (Phi) is 4.97. The fourth-order valence-electron chi connectivity index (χ4n) is 2.30. The third kappa shape index (κ3) is 3.61. The van der Waals surface area contributed by atoms with Gasteiger partial charge >= 0.3 is 0 Å². The monoisotopic (exact) mass is 288 g/mol. The number of rotatable bonds is 5. The molecule has 0 fully saturated rings. The third-order valence-electron chi connectivity index (χ3n) is 3.66. The highest BCUT2D eigenvalue weighted by atomic mass is 19.1. The van der Waals surface area contributed by atoms with Crippen LogP contribution < -0.4 is 4.74 Å². The van der Waals surface area contributed by atoms with Gasteiger partial charge in [0, 0.05) is 6.42 Å². The predicted octanol–water partition coefficient (Wildman–Crippen LogP) is 4.23. The normalized spacial score (nSPS) is 12.5. The van der Waals surface area contributed by atoms with Crippen LogP contribution in [0.15, 0.2) is 42.5 Å². The lowest BCUT2D eigenvalue weighted by molar-refractivity contribution is 0.177. The minimum absolute atomic E-state index is 0.204. The van der Waals surface area contributed by atoms with Crippen LogP contribution in [0.2, 0.25) is 0 Å². The summed E-state index contributed by atoms with van der Waals surface area (Å²) < 4.78 is 19.0. The standard InChI is InChI=1S/C18H21FO2/c1-12(2)13-7-9-14(10-8-13)16(20)11-15-5-4-6-17(21-3)18(15)19/h4-10,12,16,20H,11H2,1-3H3. The van der Waals surface area contributed by atoms with Gasteiger partial charge in [0.15, 0.2) is 11.6 Å². The molecule has 3 heteroatoms. The van der Waals surface area contributed by atoms with Gasteiger partial charge in [-0.25, -0.2) is 4.39 Å². The van der Waals surface area contributed by atoms with Crippen LogP contribution in [0, 0.1) is 5.82 Å². The van der Waals surface area contributed by atoms with Crippen LogP contribution in [0.25, 0.3) is 0 Å². The van der Waals surface area contributed by atoms with Crippen molar-refractivity contribution in [3.8, 4) is 5.75 Å². The molecule has 0 amide bonds. The summed E-state index contributed by atoms with van der Waals surface area (Å²) in [6.07, 6.45) is -0.503. The van der Waals surface area contributed by atoms with Crippen LogP contribution >= 0.6 is 0 Å². The largest absolute Gasteiger partial charge is 0.494 e. The number of aliphatic hydroxyl groups is 1. The van der Waals surface area contributed by atoms with Crippen molar-refractivity contribution in [1.82, 2.24) is 0 Å². The van der Waals surface area contributed by atoms with Crippen LogP contribution in [0.5, 0.6) is 5.75 Å². The summed E-state index contributed by atoms with van der Waals surface area (Å²) in [5.74, 6) is 0.250. The zero-order valence-electron chi connectivity index (χ0n) is 12.6. The van der Waals surface area contributed by atoms with E-state index in [9.17, 15) is 9.50 Å². The fraction of sp³-hybridized carbons (Fsp3) is 0.333. The van der Waals surface area contributed by atoms with Crippen molar-refractivity contribution in [1.29, 1.82) is 0 Å². The number of benzene rings is 2. The van der Waals surface area contributed by atoms with Crippen molar-refractivity contribution in [3.05, 3.63) is 65.0 Å². The Morgan fingerprint density at radius 3 is 2.24 bits per heavy atom. The van der Waals surface area contributed by atoms with Gasteiger partial charge in [-0.3, -0.25) is 0 Å². The molecule has 0 bridgehead atoms. The van der Waals surface area contributed by atoms with Crippen molar-refractivity contribution in [2.24, 2.45) is 0 Å². The Bertz CT molecular complexity index is 591. The molecule has 0 saturated heterocycles. The van der Waals surface area contributed by atoms with E-state index < -0.39 is 11.9 Å². The third-order valence-corrected chi connectivity index (χ3v) is 3.66.